The van der Waals surface area contributed by atoms with Gasteiger partial charge in [-0.1, -0.05) is 47.6 Å². The van der Waals surface area contributed by atoms with Crippen molar-refractivity contribution < 1.29 is 14.1 Å². The Hall–Kier alpha value is -3.08. The van der Waals surface area contributed by atoms with E-state index in [1.807, 2.05) is 42.2 Å². The van der Waals surface area contributed by atoms with Gasteiger partial charge in [0, 0.05) is 13.1 Å². The first-order valence-electron chi connectivity index (χ1n) is 10.1. The standard InChI is InChI=1S/C24H26N2O3/c1-17-22(23(29-25-17)20-10-6-7-11-21(20)28-2)24(27)26-14-12-19(13-15-26)16-18-8-4-3-5-9-18/h3-11,19H,12-16H2,1-2H3. The van der Waals surface area contributed by atoms with Gasteiger partial charge in [0.05, 0.1) is 18.4 Å². The number of nitrogens with zero attached hydrogens (tertiary/aromatic N) is 2. The van der Waals surface area contributed by atoms with Gasteiger partial charge in [-0.2, -0.15) is 0 Å². The van der Waals surface area contributed by atoms with E-state index in [0.29, 0.717) is 28.7 Å². The first-order valence-corrected chi connectivity index (χ1v) is 10.1. The fourth-order valence-corrected chi connectivity index (χ4v) is 4.08. The number of amides is 1. The third-order valence-electron chi connectivity index (χ3n) is 5.70. The Morgan fingerprint density at radius 1 is 1.10 bits per heavy atom. The number of piperidine rings is 1. The highest BCUT2D eigenvalue weighted by Crippen LogP contribution is 2.34. The molecule has 0 N–H and O–H groups in total. The fourth-order valence-electron chi connectivity index (χ4n) is 4.08. The molecule has 2 heterocycles. The van der Waals surface area contributed by atoms with Crippen LogP contribution in [0.4, 0.5) is 0 Å². The molecule has 1 aliphatic rings. The molecule has 150 valence electrons. The lowest BCUT2D eigenvalue weighted by Crippen LogP contribution is -2.39. The minimum Gasteiger partial charge on any atom is -0.496 e. The molecule has 1 aromatic heterocycles. The van der Waals surface area contributed by atoms with Crippen LogP contribution in [0.1, 0.15) is 34.5 Å². The van der Waals surface area contributed by atoms with Crippen LogP contribution < -0.4 is 4.74 Å². The molecular weight excluding hydrogens is 364 g/mol. The highest BCUT2D eigenvalue weighted by atomic mass is 16.5. The van der Waals surface area contributed by atoms with Crippen LogP contribution in [0.3, 0.4) is 0 Å². The highest BCUT2D eigenvalue weighted by molar-refractivity contribution is 6.01. The Balaban J connectivity index is 1.49. The summed E-state index contributed by atoms with van der Waals surface area (Å²) in [6.45, 7) is 3.33. The molecule has 0 atom stereocenters. The predicted molar refractivity (Wildman–Crippen MR) is 112 cm³/mol. The van der Waals surface area contributed by atoms with Gasteiger partial charge in [-0.05, 0) is 49.8 Å². The monoisotopic (exact) mass is 390 g/mol. The third-order valence-corrected chi connectivity index (χ3v) is 5.70. The molecule has 1 fully saturated rings. The number of benzene rings is 2. The molecule has 0 unspecified atom stereocenters. The van der Waals surface area contributed by atoms with Crippen LogP contribution in [-0.2, 0) is 6.42 Å². The zero-order valence-electron chi connectivity index (χ0n) is 16.9. The van der Waals surface area contributed by atoms with E-state index in [4.69, 9.17) is 9.26 Å². The van der Waals surface area contributed by atoms with Gasteiger partial charge in [0.25, 0.3) is 5.91 Å². The third kappa shape index (κ3) is 4.04. The lowest BCUT2D eigenvalue weighted by molar-refractivity contribution is 0.0690. The normalized spacial score (nSPS) is 14.8. The first kappa shape index (κ1) is 19.2. The summed E-state index contributed by atoms with van der Waals surface area (Å²) in [6.07, 6.45) is 3.09. The van der Waals surface area contributed by atoms with Crippen LogP contribution in [0.2, 0.25) is 0 Å². The number of hydrogen-bond acceptors (Lipinski definition) is 4. The lowest BCUT2D eigenvalue weighted by atomic mass is 9.90. The average Bonchev–Trinajstić information content (AvgIpc) is 3.15. The van der Waals surface area contributed by atoms with E-state index in [-0.39, 0.29) is 5.91 Å². The Bertz CT molecular complexity index is 973. The van der Waals surface area contributed by atoms with E-state index >= 15 is 0 Å². The van der Waals surface area contributed by atoms with Gasteiger partial charge in [-0.3, -0.25) is 4.79 Å². The number of aromatic nitrogens is 1. The van der Waals surface area contributed by atoms with Gasteiger partial charge in [0.1, 0.15) is 11.3 Å². The summed E-state index contributed by atoms with van der Waals surface area (Å²) in [5.41, 5.74) is 3.27. The van der Waals surface area contributed by atoms with Crippen molar-refractivity contribution in [2.75, 3.05) is 20.2 Å². The molecular formula is C24H26N2O3. The molecule has 4 rings (SSSR count). The predicted octanol–water partition coefficient (Wildman–Crippen LogP) is 4.75. The second-order valence-electron chi connectivity index (χ2n) is 7.60. The number of aryl methyl sites for hydroxylation is 1. The summed E-state index contributed by atoms with van der Waals surface area (Å²) in [4.78, 5) is 15.3. The minimum absolute atomic E-state index is 0.0113. The van der Waals surface area contributed by atoms with Gasteiger partial charge >= 0.3 is 0 Å². The largest absolute Gasteiger partial charge is 0.496 e. The van der Waals surface area contributed by atoms with E-state index < -0.39 is 0 Å². The van der Waals surface area contributed by atoms with Gasteiger partial charge in [-0.25, -0.2) is 0 Å². The van der Waals surface area contributed by atoms with Crippen molar-refractivity contribution in [3.8, 4) is 17.1 Å². The zero-order valence-corrected chi connectivity index (χ0v) is 16.9. The number of carbonyl (C=O) groups excluding carboxylic acids is 1. The number of ether oxygens (including phenoxy) is 1. The van der Waals surface area contributed by atoms with Crippen molar-refractivity contribution in [2.24, 2.45) is 5.92 Å². The second kappa shape index (κ2) is 8.52. The van der Waals surface area contributed by atoms with Crippen LogP contribution in [-0.4, -0.2) is 36.2 Å². The zero-order chi connectivity index (χ0) is 20.2. The summed E-state index contributed by atoms with van der Waals surface area (Å²) in [6, 6.07) is 18.1. The molecule has 1 saturated heterocycles. The summed E-state index contributed by atoms with van der Waals surface area (Å²) in [5.74, 6) is 1.75. The molecule has 2 aromatic carbocycles. The minimum atomic E-state index is -0.0113. The summed E-state index contributed by atoms with van der Waals surface area (Å²) in [5, 5.41) is 4.08. The van der Waals surface area contributed by atoms with Crippen molar-refractivity contribution in [3.63, 3.8) is 0 Å². The number of rotatable bonds is 5. The second-order valence-corrected chi connectivity index (χ2v) is 7.60. The molecule has 5 nitrogen and oxygen atoms in total. The maximum Gasteiger partial charge on any atom is 0.259 e. The van der Waals surface area contributed by atoms with Gasteiger partial charge in [0.2, 0.25) is 0 Å². The smallest absolute Gasteiger partial charge is 0.259 e. The molecule has 0 bridgehead atoms. The van der Waals surface area contributed by atoms with Crippen molar-refractivity contribution in [2.45, 2.75) is 26.2 Å². The van der Waals surface area contributed by atoms with E-state index in [1.165, 1.54) is 5.56 Å². The van der Waals surface area contributed by atoms with Crippen molar-refractivity contribution in [3.05, 3.63) is 71.4 Å². The van der Waals surface area contributed by atoms with E-state index in [1.54, 1.807) is 7.11 Å². The van der Waals surface area contributed by atoms with E-state index in [0.717, 1.165) is 37.9 Å². The molecule has 1 aliphatic heterocycles. The van der Waals surface area contributed by atoms with Crippen LogP contribution in [0.25, 0.3) is 11.3 Å². The fraction of sp³-hybridized carbons (Fsp3) is 0.333. The number of para-hydroxylation sites is 1. The molecule has 0 saturated carbocycles. The number of likely N-dealkylation sites (tertiary alicyclic amines) is 1. The average molecular weight is 390 g/mol. The van der Waals surface area contributed by atoms with Gasteiger partial charge in [-0.15, -0.1) is 0 Å². The molecule has 0 aliphatic carbocycles. The summed E-state index contributed by atoms with van der Waals surface area (Å²) < 4.78 is 11.0. The Labute approximate surface area is 171 Å². The summed E-state index contributed by atoms with van der Waals surface area (Å²) >= 11 is 0. The van der Waals surface area contributed by atoms with Crippen LogP contribution >= 0.6 is 0 Å². The maximum absolute atomic E-state index is 13.3. The number of methoxy groups -OCH3 is 1. The summed E-state index contributed by atoms with van der Waals surface area (Å²) in [7, 11) is 1.61. The van der Waals surface area contributed by atoms with Crippen LogP contribution in [0.5, 0.6) is 5.75 Å². The molecule has 1 amide bonds. The Morgan fingerprint density at radius 2 is 1.79 bits per heavy atom. The SMILES string of the molecule is COc1ccccc1-c1onc(C)c1C(=O)N1CCC(Cc2ccccc2)CC1. The van der Waals surface area contributed by atoms with Crippen molar-refractivity contribution in [1.82, 2.24) is 10.1 Å². The van der Waals surface area contributed by atoms with E-state index in [9.17, 15) is 4.79 Å². The van der Waals surface area contributed by atoms with E-state index in [2.05, 4.69) is 29.4 Å². The molecule has 29 heavy (non-hydrogen) atoms. The quantitative estimate of drug-likeness (QED) is 0.631. The lowest BCUT2D eigenvalue weighted by Gasteiger charge is -2.32. The highest BCUT2D eigenvalue weighted by Gasteiger charge is 2.30. The molecule has 0 spiro atoms. The maximum atomic E-state index is 13.3. The van der Waals surface area contributed by atoms with Gasteiger partial charge < -0.3 is 14.2 Å². The Morgan fingerprint density at radius 3 is 2.52 bits per heavy atom. The van der Waals surface area contributed by atoms with Crippen molar-refractivity contribution in [1.29, 1.82) is 0 Å². The van der Waals surface area contributed by atoms with Crippen LogP contribution in [0, 0.1) is 12.8 Å². The molecule has 0 radical (unpaired) electrons. The number of hydrogen-bond donors (Lipinski definition) is 0. The topological polar surface area (TPSA) is 55.6 Å². The molecule has 3 aromatic rings. The van der Waals surface area contributed by atoms with Crippen LogP contribution in [0.15, 0.2) is 59.1 Å². The molecule has 5 heteroatoms. The Kier molecular flexibility index (Phi) is 5.65. The first-order chi connectivity index (χ1) is 14.2. The van der Waals surface area contributed by atoms with Crippen molar-refractivity contribution >= 4 is 5.91 Å². The number of carbonyl (C=O) groups is 1. The van der Waals surface area contributed by atoms with Gasteiger partial charge in [0.15, 0.2) is 5.76 Å².